The maximum absolute atomic E-state index is 10.3. The highest BCUT2D eigenvalue weighted by atomic mass is 35.5. The molecule has 6 heteroatoms. The molecule has 0 fully saturated rings. The summed E-state index contributed by atoms with van der Waals surface area (Å²) in [6.07, 6.45) is 0. The van der Waals surface area contributed by atoms with Gasteiger partial charge in [0.1, 0.15) is 0 Å². The molecule has 0 aliphatic carbocycles. The molecule has 0 radical (unpaired) electrons. The summed E-state index contributed by atoms with van der Waals surface area (Å²) in [7, 11) is 0. The van der Waals surface area contributed by atoms with E-state index in [0.29, 0.717) is 14.2 Å². The second-order valence-corrected chi connectivity index (χ2v) is 5.03. The molecule has 1 aromatic heterocycles. The minimum Gasteiger partial charge on any atom is -0.306 e. The van der Waals surface area contributed by atoms with Gasteiger partial charge in [-0.2, -0.15) is 0 Å². The summed E-state index contributed by atoms with van der Waals surface area (Å²) in [6.45, 7) is 0. The van der Waals surface area contributed by atoms with Gasteiger partial charge in [-0.1, -0.05) is 23.2 Å². The van der Waals surface area contributed by atoms with Crippen LogP contribution in [0.25, 0.3) is 0 Å². The van der Waals surface area contributed by atoms with Crippen molar-refractivity contribution in [3.63, 3.8) is 0 Å². The molecule has 2 nitrogen and oxygen atoms in total. The molecule has 0 amide bonds. The number of hydrogen-bond acceptors (Lipinski definition) is 2. The fourth-order valence-electron chi connectivity index (χ4n) is 0.606. The number of thiophene rings is 1. The lowest BCUT2D eigenvalue weighted by molar-refractivity contribution is 0.563. The highest BCUT2D eigenvalue weighted by Gasteiger charge is 2.07. The Morgan fingerprint density at radius 1 is 1.64 bits per heavy atom. The molecule has 0 aliphatic rings. The molecular weight excluding hydrogens is 227 g/mol. The maximum atomic E-state index is 10.3. The van der Waals surface area contributed by atoms with Gasteiger partial charge in [0.25, 0.3) is 0 Å². The van der Waals surface area contributed by atoms with Gasteiger partial charge < -0.3 is 4.55 Å². The fraction of sp³-hybridized carbons (Fsp3) is 0.200. The van der Waals surface area contributed by atoms with Gasteiger partial charge in [-0.15, -0.1) is 11.3 Å². The summed E-state index contributed by atoms with van der Waals surface area (Å²) >= 11 is 10.6. The normalized spacial score (nSPS) is 13.4. The minimum absolute atomic E-state index is 0.0437. The van der Waals surface area contributed by atoms with Crippen LogP contribution in [-0.4, -0.2) is 8.76 Å². The predicted octanol–water partition coefficient (Wildman–Crippen LogP) is 2.78. The molecule has 1 aromatic rings. The molecular formula is C5H4Cl2O2S2. The molecule has 0 bridgehead atoms. The van der Waals surface area contributed by atoms with E-state index < -0.39 is 11.1 Å². The third kappa shape index (κ3) is 2.72. The third-order valence-electron chi connectivity index (χ3n) is 1.01. The fourth-order valence-corrected chi connectivity index (χ4v) is 2.76. The highest BCUT2D eigenvalue weighted by Crippen LogP contribution is 2.31. The van der Waals surface area contributed by atoms with E-state index in [4.69, 9.17) is 27.8 Å². The molecule has 1 N–H and O–H groups in total. The van der Waals surface area contributed by atoms with Gasteiger partial charge in [-0.25, -0.2) is 4.21 Å². The Morgan fingerprint density at radius 3 is 2.64 bits per heavy atom. The van der Waals surface area contributed by atoms with Gasteiger partial charge in [-0.3, -0.25) is 0 Å². The Balaban J connectivity index is 2.85. The first-order valence-corrected chi connectivity index (χ1v) is 5.45. The molecule has 0 aliphatic heterocycles. The van der Waals surface area contributed by atoms with E-state index >= 15 is 0 Å². The Bertz CT molecular complexity index is 284. The average Bonchev–Trinajstić information content (AvgIpc) is 2.09. The van der Waals surface area contributed by atoms with Crippen LogP contribution in [0.15, 0.2) is 6.07 Å². The van der Waals surface area contributed by atoms with E-state index in [1.165, 1.54) is 11.3 Å². The van der Waals surface area contributed by atoms with Gasteiger partial charge >= 0.3 is 0 Å². The van der Waals surface area contributed by atoms with Gasteiger partial charge in [0.05, 0.1) is 14.4 Å². The van der Waals surface area contributed by atoms with Gasteiger partial charge in [0.2, 0.25) is 0 Å². The largest absolute Gasteiger partial charge is 0.306 e. The predicted molar refractivity (Wildman–Crippen MR) is 48.8 cm³/mol. The topological polar surface area (TPSA) is 37.3 Å². The van der Waals surface area contributed by atoms with Crippen LogP contribution in [0.1, 0.15) is 5.56 Å². The van der Waals surface area contributed by atoms with Gasteiger partial charge in [-0.05, 0) is 11.6 Å². The summed E-state index contributed by atoms with van der Waals surface area (Å²) in [5.74, 6) is 0.0437. The molecule has 62 valence electrons. The van der Waals surface area contributed by atoms with E-state index in [1.54, 1.807) is 6.07 Å². The van der Waals surface area contributed by atoms with Crippen molar-refractivity contribution in [2.75, 3.05) is 0 Å². The molecule has 11 heavy (non-hydrogen) atoms. The van der Waals surface area contributed by atoms with Crippen molar-refractivity contribution in [3.8, 4) is 0 Å². The second-order valence-electron chi connectivity index (χ2n) is 1.82. The van der Waals surface area contributed by atoms with Crippen LogP contribution < -0.4 is 0 Å². The molecule has 0 saturated heterocycles. The Morgan fingerprint density at radius 2 is 2.27 bits per heavy atom. The summed E-state index contributed by atoms with van der Waals surface area (Å²) in [6, 6.07) is 1.60. The van der Waals surface area contributed by atoms with Crippen LogP contribution in [0, 0.1) is 0 Å². The summed E-state index contributed by atoms with van der Waals surface area (Å²) in [4.78, 5) is 0. The minimum atomic E-state index is -1.85. The molecule has 0 aromatic carbocycles. The van der Waals surface area contributed by atoms with Crippen molar-refractivity contribution in [2.45, 2.75) is 5.75 Å². The molecule has 1 rings (SSSR count). The zero-order valence-corrected chi connectivity index (χ0v) is 8.36. The molecule has 0 spiro atoms. The van der Waals surface area contributed by atoms with Crippen molar-refractivity contribution in [3.05, 3.63) is 20.3 Å². The summed E-state index contributed by atoms with van der Waals surface area (Å²) in [5.41, 5.74) is 0.627. The number of rotatable bonds is 2. The molecule has 1 unspecified atom stereocenters. The number of hydrogen-bond donors (Lipinski definition) is 1. The van der Waals surface area contributed by atoms with Crippen molar-refractivity contribution in [2.24, 2.45) is 0 Å². The maximum Gasteiger partial charge on any atom is 0.157 e. The summed E-state index contributed by atoms with van der Waals surface area (Å²) in [5, 5.41) is 0. The third-order valence-corrected chi connectivity index (χ3v) is 3.13. The van der Waals surface area contributed by atoms with E-state index in [0.717, 1.165) is 0 Å². The standard InChI is InChI=1S/C5H4Cl2O2S2/c6-4-1-3(2-11(8)9)5(7)10-4/h1H,2H2,(H,8,9). The Kier molecular flexibility index (Phi) is 3.33. The van der Waals surface area contributed by atoms with Crippen molar-refractivity contribution >= 4 is 45.6 Å². The smallest absolute Gasteiger partial charge is 0.157 e. The van der Waals surface area contributed by atoms with E-state index in [2.05, 4.69) is 0 Å². The average molecular weight is 231 g/mol. The van der Waals surface area contributed by atoms with Gasteiger partial charge in [0, 0.05) is 0 Å². The molecule has 1 heterocycles. The summed E-state index contributed by atoms with van der Waals surface area (Å²) < 4.78 is 19.9. The lowest BCUT2D eigenvalue weighted by Crippen LogP contribution is -1.90. The number of halogens is 2. The Hall–Kier alpha value is 0.390. The van der Waals surface area contributed by atoms with E-state index in [1.807, 2.05) is 0 Å². The van der Waals surface area contributed by atoms with Crippen molar-refractivity contribution in [1.29, 1.82) is 0 Å². The van der Waals surface area contributed by atoms with Crippen LogP contribution in [0.3, 0.4) is 0 Å². The second kappa shape index (κ2) is 3.87. The lowest BCUT2D eigenvalue weighted by atomic mass is 10.4. The SMILES string of the molecule is O=S(O)Cc1cc(Cl)sc1Cl. The van der Waals surface area contributed by atoms with Crippen LogP contribution in [0.5, 0.6) is 0 Å². The van der Waals surface area contributed by atoms with E-state index in [-0.39, 0.29) is 5.75 Å². The Labute approximate surface area is 80.4 Å². The zero-order chi connectivity index (χ0) is 8.43. The van der Waals surface area contributed by atoms with Crippen molar-refractivity contribution in [1.82, 2.24) is 0 Å². The quantitative estimate of drug-likeness (QED) is 0.794. The van der Waals surface area contributed by atoms with Crippen LogP contribution in [0.4, 0.5) is 0 Å². The van der Waals surface area contributed by atoms with Crippen molar-refractivity contribution < 1.29 is 8.76 Å². The zero-order valence-electron chi connectivity index (χ0n) is 5.21. The highest BCUT2D eigenvalue weighted by molar-refractivity contribution is 7.78. The first-order valence-electron chi connectivity index (χ1n) is 2.61. The first kappa shape index (κ1) is 9.48. The van der Waals surface area contributed by atoms with E-state index in [9.17, 15) is 4.21 Å². The molecule has 0 saturated carbocycles. The molecule has 1 atom stereocenters. The lowest BCUT2D eigenvalue weighted by Gasteiger charge is -1.90. The van der Waals surface area contributed by atoms with Crippen LogP contribution >= 0.6 is 34.5 Å². The van der Waals surface area contributed by atoms with Crippen LogP contribution in [0.2, 0.25) is 8.67 Å². The monoisotopic (exact) mass is 230 g/mol. The van der Waals surface area contributed by atoms with Gasteiger partial charge in [0.15, 0.2) is 11.1 Å². The first-order chi connectivity index (χ1) is 5.09. The van der Waals surface area contributed by atoms with Crippen LogP contribution in [-0.2, 0) is 16.8 Å².